The molecule has 1 aliphatic heterocycles. The molecule has 1 aromatic heterocycles. The fourth-order valence-electron chi connectivity index (χ4n) is 2.54. The zero-order chi connectivity index (χ0) is 17.6. The van der Waals surface area contributed by atoms with E-state index in [1.807, 2.05) is 49.3 Å². The molecule has 0 radical (unpaired) electrons. The summed E-state index contributed by atoms with van der Waals surface area (Å²) in [5.41, 5.74) is 0. The number of amides is 1. The van der Waals surface area contributed by atoms with E-state index in [1.165, 1.54) is 11.8 Å². The summed E-state index contributed by atoms with van der Waals surface area (Å²) in [6, 6.07) is 9.52. The van der Waals surface area contributed by atoms with Crippen LogP contribution < -0.4 is 14.8 Å². The number of nitrogens with zero attached hydrogens (tertiary/aromatic N) is 1. The van der Waals surface area contributed by atoms with Crippen LogP contribution in [0, 0.1) is 0 Å². The number of ether oxygens (including phenoxy) is 2. The maximum Gasteiger partial charge on any atom is 0.230 e. The molecule has 2 aromatic rings. The van der Waals surface area contributed by atoms with Crippen molar-refractivity contribution < 1.29 is 18.7 Å². The lowest BCUT2D eigenvalue weighted by Gasteiger charge is -2.22. The summed E-state index contributed by atoms with van der Waals surface area (Å²) >= 11 is 1.47. The molecule has 1 amide bonds. The second-order valence-corrected chi connectivity index (χ2v) is 6.94. The van der Waals surface area contributed by atoms with Crippen LogP contribution in [-0.4, -0.2) is 50.4 Å². The first-order valence-electron chi connectivity index (χ1n) is 8.12. The van der Waals surface area contributed by atoms with Gasteiger partial charge in [0.1, 0.15) is 19.0 Å². The third-order valence-corrected chi connectivity index (χ3v) is 4.86. The van der Waals surface area contributed by atoms with E-state index in [2.05, 4.69) is 5.32 Å². The lowest BCUT2D eigenvalue weighted by atomic mass is 10.2. The number of nitrogens with one attached hydrogen (secondary N) is 1. The maximum atomic E-state index is 12.2. The summed E-state index contributed by atoms with van der Waals surface area (Å²) in [4.78, 5) is 15.2. The number of likely N-dealkylation sites (N-methyl/N-ethyl adjacent to an activating group) is 1. The first-order valence-corrected chi connectivity index (χ1v) is 9.11. The molecule has 25 heavy (non-hydrogen) atoms. The number of hydrogen-bond acceptors (Lipinski definition) is 6. The summed E-state index contributed by atoms with van der Waals surface area (Å²) in [5.74, 6) is 2.66. The van der Waals surface area contributed by atoms with E-state index in [0.29, 0.717) is 25.5 Å². The van der Waals surface area contributed by atoms with Gasteiger partial charge in [0.05, 0.1) is 18.1 Å². The van der Waals surface area contributed by atoms with Crippen molar-refractivity contribution in [3.05, 3.63) is 42.4 Å². The van der Waals surface area contributed by atoms with Gasteiger partial charge >= 0.3 is 0 Å². The van der Waals surface area contributed by atoms with Crippen molar-refractivity contribution in [2.24, 2.45) is 0 Å². The average molecular weight is 362 g/mol. The maximum absolute atomic E-state index is 12.2. The molecule has 0 saturated carbocycles. The van der Waals surface area contributed by atoms with Gasteiger partial charge in [0, 0.05) is 11.4 Å². The Bertz CT molecular complexity index is 703. The number of benzene rings is 1. The van der Waals surface area contributed by atoms with Crippen LogP contribution in [0.1, 0.15) is 11.8 Å². The molecule has 1 N–H and O–H groups in total. The summed E-state index contributed by atoms with van der Waals surface area (Å²) in [7, 11) is 3.92. The monoisotopic (exact) mass is 362 g/mol. The molecule has 1 aromatic carbocycles. The third kappa shape index (κ3) is 4.70. The average Bonchev–Trinajstić information content (AvgIpc) is 3.14. The van der Waals surface area contributed by atoms with Gasteiger partial charge in [-0.25, -0.2) is 0 Å². The fraction of sp³-hybridized carbons (Fsp3) is 0.389. The molecule has 6 nitrogen and oxygen atoms in total. The second kappa shape index (κ2) is 8.31. The topological polar surface area (TPSA) is 63.9 Å². The summed E-state index contributed by atoms with van der Waals surface area (Å²) in [6.07, 6.45) is 1.64. The van der Waals surface area contributed by atoms with E-state index in [1.54, 1.807) is 6.26 Å². The van der Waals surface area contributed by atoms with E-state index >= 15 is 0 Å². The number of thioether (sulfide) groups is 1. The van der Waals surface area contributed by atoms with Crippen LogP contribution in [0.15, 0.2) is 45.9 Å². The molecule has 0 fully saturated rings. The van der Waals surface area contributed by atoms with Gasteiger partial charge in [-0.2, -0.15) is 0 Å². The number of fused-ring (bicyclic) bond motifs is 1. The van der Waals surface area contributed by atoms with Crippen LogP contribution in [0.5, 0.6) is 11.5 Å². The van der Waals surface area contributed by atoms with E-state index in [9.17, 15) is 4.79 Å². The van der Waals surface area contributed by atoms with Crippen LogP contribution in [0.25, 0.3) is 0 Å². The van der Waals surface area contributed by atoms with Gasteiger partial charge < -0.3 is 19.2 Å². The minimum absolute atomic E-state index is 0.0123. The quantitative estimate of drug-likeness (QED) is 0.764. The zero-order valence-corrected chi connectivity index (χ0v) is 15.2. The van der Waals surface area contributed by atoms with Crippen molar-refractivity contribution >= 4 is 17.7 Å². The van der Waals surface area contributed by atoms with Gasteiger partial charge in [-0.05, 0) is 44.4 Å². The van der Waals surface area contributed by atoms with Crippen LogP contribution >= 0.6 is 11.8 Å². The number of carbonyl (C=O) groups excluding carboxylic acids is 1. The molecule has 1 atom stereocenters. The number of furan rings is 1. The highest BCUT2D eigenvalue weighted by molar-refractivity contribution is 8.00. The Morgan fingerprint density at radius 3 is 2.76 bits per heavy atom. The number of carbonyl (C=O) groups is 1. The molecule has 0 spiro atoms. The van der Waals surface area contributed by atoms with Gasteiger partial charge in [0.2, 0.25) is 5.91 Å². The molecule has 1 unspecified atom stereocenters. The van der Waals surface area contributed by atoms with Crippen molar-refractivity contribution in [3.63, 3.8) is 0 Å². The van der Waals surface area contributed by atoms with Gasteiger partial charge in [-0.15, -0.1) is 11.8 Å². The molecule has 1 aliphatic rings. The zero-order valence-electron chi connectivity index (χ0n) is 14.4. The molecule has 0 bridgehead atoms. The Hall–Kier alpha value is -2.12. The highest BCUT2D eigenvalue weighted by Crippen LogP contribution is 2.34. The molecule has 3 rings (SSSR count). The van der Waals surface area contributed by atoms with E-state index in [4.69, 9.17) is 13.9 Å². The molecular weight excluding hydrogens is 340 g/mol. The van der Waals surface area contributed by atoms with Crippen LogP contribution in [-0.2, 0) is 4.79 Å². The van der Waals surface area contributed by atoms with Gasteiger partial charge in [0.15, 0.2) is 11.5 Å². The Kier molecular flexibility index (Phi) is 5.88. The standard InChI is InChI=1S/C18H22N2O4S/c1-20(2)14(15-4-3-7-22-15)11-19-18(21)12-25-13-5-6-16-17(10-13)24-9-8-23-16/h3-7,10,14H,8-9,11-12H2,1-2H3,(H,19,21). The van der Waals surface area contributed by atoms with Crippen LogP contribution in [0.3, 0.4) is 0 Å². The predicted molar refractivity (Wildman–Crippen MR) is 96.3 cm³/mol. The van der Waals surface area contributed by atoms with Crippen molar-refractivity contribution in [1.29, 1.82) is 0 Å². The smallest absolute Gasteiger partial charge is 0.230 e. The lowest BCUT2D eigenvalue weighted by Crippen LogP contribution is -2.35. The molecule has 7 heteroatoms. The summed E-state index contributed by atoms with van der Waals surface area (Å²) < 4.78 is 16.5. The highest BCUT2D eigenvalue weighted by Gasteiger charge is 2.18. The summed E-state index contributed by atoms with van der Waals surface area (Å²) in [5, 5.41) is 2.97. The Morgan fingerprint density at radius 1 is 1.24 bits per heavy atom. The molecule has 0 aliphatic carbocycles. The normalized spacial score (nSPS) is 14.4. The first kappa shape index (κ1) is 17.7. The first-order chi connectivity index (χ1) is 12.1. The molecule has 134 valence electrons. The minimum Gasteiger partial charge on any atom is -0.486 e. The van der Waals surface area contributed by atoms with Crippen molar-refractivity contribution in [1.82, 2.24) is 10.2 Å². The fourth-order valence-corrected chi connectivity index (χ4v) is 3.30. The third-order valence-electron chi connectivity index (χ3n) is 3.87. The predicted octanol–water partition coefficient (Wildman–Crippen LogP) is 2.56. The van der Waals surface area contributed by atoms with Gasteiger partial charge in [-0.3, -0.25) is 9.69 Å². The Labute approximate surface area is 151 Å². The van der Waals surface area contributed by atoms with Crippen molar-refractivity contribution in [2.75, 3.05) is 39.6 Å². The summed E-state index contributed by atoms with van der Waals surface area (Å²) in [6.45, 7) is 1.63. The molecular formula is C18H22N2O4S. The number of hydrogen-bond donors (Lipinski definition) is 1. The largest absolute Gasteiger partial charge is 0.486 e. The molecule has 0 saturated heterocycles. The van der Waals surface area contributed by atoms with Crippen LogP contribution in [0.2, 0.25) is 0 Å². The minimum atomic E-state index is -0.0155. The Balaban J connectivity index is 1.49. The molecule has 2 heterocycles. The van der Waals surface area contributed by atoms with Crippen LogP contribution in [0.4, 0.5) is 0 Å². The lowest BCUT2D eigenvalue weighted by molar-refractivity contribution is -0.118. The van der Waals surface area contributed by atoms with Gasteiger partial charge in [-0.1, -0.05) is 0 Å². The van der Waals surface area contributed by atoms with E-state index < -0.39 is 0 Å². The van der Waals surface area contributed by atoms with E-state index in [-0.39, 0.29) is 11.9 Å². The van der Waals surface area contributed by atoms with Gasteiger partial charge in [0.25, 0.3) is 0 Å². The SMILES string of the molecule is CN(C)C(CNC(=O)CSc1ccc2c(c1)OCCO2)c1ccco1. The van der Waals surface area contributed by atoms with Crippen molar-refractivity contribution in [3.8, 4) is 11.5 Å². The van der Waals surface area contributed by atoms with E-state index in [0.717, 1.165) is 22.2 Å². The number of rotatable bonds is 7. The Morgan fingerprint density at radius 2 is 2.04 bits per heavy atom. The second-order valence-electron chi connectivity index (χ2n) is 5.89. The van der Waals surface area contributed by atoms with Crippen molar-refractivity contribution in [2.45, 2.75) is 10.9 Å². The highest BCUT2D eigenvalue weighted by atomic mass is 32.2.